The highest BCUT2D eigenvalue weighted by molar-refractivity contribution is 5.93. The average Bonchev–Trinajstić information content (AvgIpc) is 2.98. The van der Waals surface area contributed by atoms with Crippen molar-refractivity contribution in [2.75, 3.05) is 38.0 Å². The molecule has 0 radical (unpaired) electrons. The Morgan fingerprint density at radius 2 is 1.66 bits per heavy atom. The second-order valence-corrected chi connectivity index (χ2v) is 9.37. The Kier molecular flexibility index (Phi) is 7.72. The molecule has 174 valence electrons. The summed E-state index contributed by atoms with van der Waals surface area (Å²) in [6.07, 6.45) is 0.392. The highest BCUT2D eigenvalue weighted by Gasteiger charge is 2.24. The lowest BCUT2D eigenvalue weighted by Gasteiger charge is -2.34. The van der Waals surface area contributed by atoms with Gasteiger partial charge in [0.2, 0.25) is 11.8 Å². The molecule has 0 bridgehead atoms. The van der Waals surface area contributed by atoms with E-state index in [-0.39, 0.29) is 11.8 Å². The van der Waals surface area contributed by atoms with E-state index in [2.05, 4.69) is 36.1 Å². The maximum Gasteiger partial charge on any atom is 0.238 e. The minimum atomic E-state index is -0.00834. The van der Waals surface area contributed by atoms with Gasteiger partial charge in [-0.3, -0.25) is 19.2 Å². The van der Waals surface area contributed by atoms with Gasteiger partial charge in [-0.2, -0.15) is 5.10 Å². The predicted molar refractivity (Wildman–Crippen MR) is 128 cm³/mol. The van der Waals surface area contributed by atoms with Crippen molar-refractivity contribution < 1.29 is 9.59 Å². The van der Waals surface area contributed by atoms with Crippen molar-refractivity contribution in [3.63, 3.8) is 0 Å². The number of carbonyl (C=O) groups is 2. The number of aryl methyl sites for hydroxylation is 3. The van der Waals surface area contributed by atoms with Crippen LogP contribution in [0.1, 0.15) is 41.9 Å². The number of rotatable bonds is 7. The summed E-state index contributed by atoms with van der Waals surface area (Å²) >= 11 is 0. The topological polar surface area (TPSA) is 70.5 Å². The van der Waals surface area contributed by atoms with E-state index in [0.29, 0.717) is 45.1 Å². The van der Waals surface area contributed by atoms with Gasteiger partial charge < -0.3 is 10.2 Å². The highest BCUT2D eigenvalue weighted by atomic mass is 16.2. The van der Waals surface area contributed by atoms with Crippen LogP contribution in [0.3, 0.4) is 0 Å². The van der Waals surface area contributed by atoms with Crippen molar-refractivity contribution in [3.8, 4) is 0 Å². The third kappa shape index (κ3) is 5.76. The number of carbonyl (C=O) groups excluding carboxylic acids is 2. The molecule has 2 amide bonds. The number of para-hydroxylation sites is 1. The van der Waals surface area contributed by atoms with Gasteiger partial charge in [-0.15, -0.1) is 0 Å². The summed E-state index contributed by atoms with van der Waals surface area (Å²) < 4.78 is 2.02. The lowest BCUT2D eigenvalue weighted by atomic mass is 10.1. The molecule has 2 aromatic rings. The number of hydrogen-bond donors (Lipinski definition) is 1. The number of anilines is 1. The summed E-state index contributed by atoms with van der Waals surface area (Å²) in [5, 5.41) is 7.68. The Hall–Kier alpha value is -2.67. The Morgan fingerprint density at radius 3 is 2.25 bits per heavy atom. The summed E-state index contributed by atoms with van der Waals surface area (Å²) in [6.45, 7) is 16.3. The molecule has 1 aromatic heterocycles. The average molecular weight is 440 g/mol. The molecule has 7 nitrogen and oxygen atoms in total. The number of aromatic nitrogens is 2. The predicted octanol–water partition coefficient (Wildman–Crippen LogP) is 3.10. The van der Waals surface area contributed by atoms with Crippen LogP contribution in [0.2, 0.25) is 0 Å². The molecule has 0 saturated carbocycles. The third-order valence-corrected chi connectivity index (χ3v) is 6.24. The second-order valence-electron chi connectivity index (χ2n) is 9.37. The van der Waals surface area contributed by atoms with Crippen LogP contribution in [-0.2, 0) is 22.6 Å². The van der Waals surface area contributed by atoms with E-state index in [1.54, 1.807) is 0 Å². The van der Waals surface area contributed by atoms with Crippen molar-refractivity contribution in [3.05, 3.63) is 46.3 Å². The van der Waals surface area contributed by atoms with Crippen LogP contribution in [0.25, 0.3) is 0 Å². The summed E-state index contributed by atoms with van der Waals surface area (Å²) in [4.78, 5) is 29.5. The van der Waals surface area contributed by atoms with Gasteiger partial charge in [0.05, 0.1) is 18.7 Å². The van der Waals surface area contributed by atoms with Crippen molar-refractivity contribution in [2.24, 2.45) is 5.92 Å². The molecule has 32 heavy (non-hydrogen) atoms. The molecular weight excluding hydrogens is 402 g/mol. The molecule has 1 fully saturated rings. The Balaban J connectivity index is 1.51. The minimum absolute atomic E-state index is 0.00834. The molecule has 2 heterocycles. The minimum Gasteiger partial charge on any atom is -0.340 e. The Morgan fingerprint density at radius 1 is 1.03 bits per heavy atom. The molecule has 1 N–H and O–H groups in total. The van der Waals surface area contributed by atoms with Crippen LogP contribution >= 0.6 is 0 Å². The van der Waals surface area contributed by atoms with E-state index in [9.17, 15) is 9.59 Å². The van der Waals surface area contributed by atoms with Crippen LogP contribution in [0.4, 0.5) is 5.69 Å². The number of benzene rings is 1. The van der Waals surface area contributed by atoms with Crippen LogP contribution in [0.15, 0.2) is 18.2 Å². The second kappa shape index (κ2) is 10.3. The van der Waals surface area contributed by atoms with Gasteiger partial charge in [0.15, 0.2) is 0 Å². The van der Waals surface area contributed by atoms with Crippen LogP contribution < -0.4 is 5.32 Å². The zero-order valence-corrected chi connectivity index (χ0v) is 20.4. The summed E-state index contributed by atoms with van der Waals surface area (Å²) in [5.74, 6) is 0.641. The fourth-order valence-corrected chi connectivity index (χ4v) is 4.33. The lowest BCUT2D eigenvalue weighted by Crippen LogP contribution is -2.50. The van der Waals surface area contributed by atoms with E-state index >= 15 is 0 Å². The van der Waals surface area contributed by atoms with E-state index in [1.165, 1.54) is 0 Å². The van der Waals surface area contributed by atoms with E-state index in [0.717, 1.165) is 40.3 Å². The third-order valence-electron chi connectivity index (χ3n) is 6.24. The normalized spacial score (nSPS) is 14.8. The fourth-order valence-electron chi connectivity index (χ4n) is 4.33. The monoisotopic (exact) mass is 439 g/mol. The molecule has 0 unspecified atom stereocenters. The quantitative estimate of drug-likeness (QED) is 0.720. The van der Waals surface area contributed by atoms with E-state index < -0.39 is 0 Å². The van der Waals surface area contributed by atoms with Gasteiger partial charge in [0.25, 0.3) is 0 Å². The zero-order valence-electron chi connectivity index (χ0n) is 20.4. The maximum atomic E-state index is 12.9. The first-order valence-corrected chi connectivity index (χ1v) is 11.5. The van der Waals surface area contributed by atoms with E-state index in [1.807, 2.05) is 48.6 Å². The maximum absolute atomic E-state index is 12.9. The van der Waals surface area contributed by atoms with Gasteiger partial charge in [-0.1, -0.05) is 32.0 Å². The summed E-state index contributed by atoms with van der Waals surface area (Å²) in [5.41, 5.74) is 6.11. The Labute approximate surface area is 191 Å². The van der Waals surface area contributed by atoms with Gasteiger partial charge in [-0.05, 0) is 44.7 Å². The van der Waals surface area contributed by atoms with Gasteiger partial charge in [-0.25, -0.2) is 0 Å². The summed E-state index contributed by atoms with van der Waals surface area (Å²) in [7, 11) is 0. The van der Waals surface area contributed by atoms with Crippen molar-refractivity contribution >= 4 is 17.5 Å². The van der Waals surface area contributed by atoms with Crippen molar-refractivity contribution in [1.82, 2.24) is 19.6 Å². The first-order chi connectivity index (χ1) is 15.2. The standard InChI is InChI=1S/C25H37N5O2/c1-17(2)15-30-21(6)22(20(5)27-30)14-24(32)29-12-10-28(11-13-29)16-23(31)26-25-18(3)8-7-9-19(25)4/h7-9,17H,10-16H2,1-6H3,(H,26,31). The van der Waals surface area contributed by atoms with Crippen molar-refractivity contribution in [1.29, 1.82) is 0 Å². The molecule has 1 aromatic carbocycles. The molecule has 0 spiro atoms. The first kappa shape index (κ1) is 24.0. The molecule has 1 saturated heterocycles. The van der Waals surface area contributed by atoms with Crippen LogP contribution in [-0.4, -0.2) is 64.1 Å². The lowest BCUT2D eigenvalue weighted by molar-refractivity contribution is -0.132. The molecule has 1 aliphatic heterocycles. The van der Waals surface area contributed by atoms with Gasteiger partial charge in [0, 0.05) is 49.7 Å². The molecule has 0 aliphatic carbocycles. The van der Waals surface area contributed by atoms with Gasteiger partial charge in [0.1, 0.15) is 0 Å². The number of amides is 2. The number of nitrogens with zero attached hydrogens (tertiary/aromatic N) is 4. The smallest absolute Gasteiger partial charge is 0.238 e. The summed E-state index contributed by atoms with van der Waals surface area (Å²) in [6, 6.07) is 6.00. The van der Waals surface area contributed by atoms with E-state index in [4.69, 9.17) is 0 Å². The molecule has 7 heteroatoms. The highest BCUT2D eigenvalue weighted by Crippen LogP contribution is 2.20. The number of piperazine rings is 1. The number of nitrogens with one attached hydrogen (secondary N) is 1. The number of hydrogen-bond acceptors (Lipinski definition) is 4. The molecule has 1 aliphatic rings. The SMILES string of the molecule is Cc1cccc(C)c1NC(=O)CN1CCN(C(=O)Cc2c(C)nn(CC(C)C)c2C)CC1. The van der Waals surface area contributed by atoms with Crippen LogP contribution in [0.5, 0.6) is 0 Å². The molecule has 0 atom stereocenters. The molecular formula is C25H37N5O2. The first-order valence-electron chi connectivity index (χ1n) is 11.5. The Bertz CT molecular complexity index is 951. The van der Waals surface area contributed by atoms with Gasteiger partial charge >= 0.3 is 0 Å². The van der Waals surface area contributed by atoms with Crippen molar-refractivity contribution in [2.45, 2.75) is 54.5 Å². The molecule has 3 rings (SSSR count). The zero-order chi connectivity index (χ0) is 23.4. The van der Waals surface area contributed by atoms with Crippen LogP contribution in [0, 0.1) is 33.6 Å². The largest absolute Gasteiger partial charge is 0.340 e. The fraction of sp³-hybridized carbons (Fsp3) is 0.560.